The number of nitrogens with zero attached hydrogens (tertiary/aromatic N) is 2. The van der Waals surface area contributed by atoms with Crippen molar-refractivity contribution in [3.63, 3.8) is 0 Å². The van der Waals surface area contributed by atoms with Gasteiger partial charge < -0.3 is 5.11 Å². The predicted molar refractivity (Wildman–Crippen MR) is 70.3 cm³/mol. The van der Waals surface area contributed by atoms with Crippen LogP contribution in [0.15, 0.2) is 47.3 Å². The largest absolute Gasteiger partial charge is 0.481 e. The van der Waals surface area contributed by atoms with Gasteiger partial charge >= 0.3 is 5.97 Å². The molecule has 1 aromatic heterocycles. The van der Waals surface area contributed by atoms with Crippen LogP contribution in [0.25, 0.3) is 0 Å². The van der Waals surface area contributed by atoms with Gasteiger partial charge in [-0.05, 0) is 18.1 Å². The van der Waals surface area contributed by atoms with E-state index in [1.54, 1.807) is 0 Å². The van der Waals surface area contributed by atoms with Crippen LogP contribution in [-0.4, -0.2) is 21.0 Å². The summed E-state index contributed by atoms with van der Waals surface area (Å²) in [6, 6.07) is 7.57. The summed E-state index contributed by atoms with van der Waals surface area (Å²) in [6.07, 6.45) is 4.91. The molecular formula is C13H11BrN2O2. The van der Waals surface area contributed by atoms with E-state index in [1.807, 2.05) is 24.3 Å². The van der Waals surface area contributed by atoms with Gasteiger partial charge in [0.25, 0.3) is 0 Å². The average Bonchev–Trinajstić information content (AvgIpc) is 2.38. The highest BCUT2D eigenvalue weighted by Crippen LogP contribution is 2.24. The number of rotatable bonds is 4. The fraction of sp³-hybridized carbons (Fsp3) is 0.154. The van der Waals surface area contributed by atoms with Crippen molar-refractivity contribution in [2.75, 3.05) is 0 Å². The first kappa shape index (κ1) is 12.7. The Kier molecular flexibility index (Phi) is 4.04. The van der Waals surface area contributed by atoms with Gasteiger partial charge in [-0.1, -0.05) is 34.1 Å². The van der Waals surface area contributed by atoms with E-state index in [-0.39, 0.29) is 0 Å². The third-order valence-electron chi connectivity index (χ3n) is 2.62. The second-order valence-corrected chi connectivity index (χ2v) is 4.67. The lowest BCUT2D eigenvalue weighted by Gasteiger charge is -2.12. The van der Waals surface area contributed by atoms with Gasteiger partial charge in [0.1, 0.15) is 5.92 Å². The van der Waals surface area contributed by atoms with Gasteiger partial charge in [-0.25, -0.2) is 0 Å². The molecule has 0 radical (unpaired) electrons. The SMILES string of the molecule is O=C(O)C(Cc1ccccc1Br)c1cnccn1. The molecule has 0 spiro atoms. The molecule has 4 nitrogen and oxygen atoms in total. The summed E-state index contributed by atoms with van der Waals surface area (Å²) in [5.74, 6) is -1.58. The lowest BCUT2D eigenvalue weighted by molar-refractivity contribution is -0.138. The van der Waals surface area contributed by atoms with Gasteiger partial charge in [-0.2, -0.15) is 0 Å². The fourth-order valence-corrected chi connectivity index (χ4v) is 2.14. The molecule has 2 aromatic rings. The van der Waals surface area contributed by atoms with Crippen molar-refractivity contribution in [1.82, 2.24) is 9.97 Å². The van der Waals surface area contributed by atoms with Crippen molar-refractivity contribution in [3.8, 4) is 0 Å². The molecule has 18 heavy (non-hydrogen) atoms. The van der Waals surface area contributed by atoms with Crippen molar-refractivity contribution < 1.29 is 9.90 Å². The zero-order valence-electron chi connectivity index (χ0n) is 9.45. The van der Waals surface area contributed by atoms with Crippen molar-refractivity contribution in [2.45, 2.75) is 12.3 Å². The Morgan fingerprint density at radius 2 is 2.11 bits per heavy atom. The number of halogens is 1. The van der Waals surface area contributed by atoms with Gasteiger partial charge in [-0.15, -0.1) is 0 Å². The average molecular weight is 307 g/mol. The summed E-state index contributed by atoms with van der Waals surface area (Å²) in [5, 5.41) is 9.30. The molecule has 0 aliphatic carbocycles. The Balaban J connectivity index is 2.28. The van der Waals surface area contributed by atoms with Crippen LogP contribution in [0.5, 0.6) is 0 Å². The highest BCUT2D eigenvalue weighted by Gasteiger charge is 2.22. The van der Waals surface area contributed by atoms with Crippen LogP contribution >= 0.6 is 15.9 Å². The zero-order valence-corrected chi connectivity index (χ0v) is 11.0. The molecule has 0 aliphatic rings. The molecule has 2 rings (SSSR count). The number of carbonyl (C=O) groups is 1. The first-order valence-electron chi connectivity index (χ1n) is 5.40. The molecule has 0 amide bonds. The number of carboxylic acids is 1. The Bertz CT molecular complexity index is 546. The molecule has 92 valence electrons. The highest BCUT2D eigenvalue weighted by atomic mass is 79.9. The molecule has 0 fully saturated rings. The maximum Gasteiger partial charge on any atom is 0.312 e. The molecular weight excluding hydrogens is 296 g/mol. The van der Waals surface area contributed by atoms with E-state index in [9.17, 15) is 9.90 Å². The Hall–Kier alpha value is -1.75. The number of benzene rings is 1. The number of hydrogen-bond acceptors (Lipinski definition) is 3. The standard InChI is InChI=1S/C13H11BrN2O2/c14-11-4-2-1-3-9(11)7-10(13(17)18)12-8-15-5-6-16-12/h1-6,8,10H,7H2,(H,17,18). The lowest BCUT2D eigenvalue weighted by atomic mass is 9.96. The van der Waals surface area contributed by atoms with E-state index in [4.69, 9.17) is 0 Å². The van der Waals surface area contributed by atoms with Crippen molar-refractivity contribution in [2.24, 2.45) is 0 Å². The second-order valence-electron chi connectivity index (χ2n) is 3.82. The van der Waals surface area contributed by atoms with E-state index in [2.05, 4.69) is 25.9 Å². The normalized spacial score (nSPS) is 12.1. The molecule has 1 heterocycles. The maximum absolute atomic E-state index is 11.3. The highest BCUT2D eigenvalue weighted by molar-refractivity contribution is 9.10. The van der Waals surface area contributed by atoms with Gasteiger partial charge in [0.15, 0.2) is 0 Å². The van der Waals surface area contributed by atoms with E-state index >= 15 is 0 Å². The molecule has 1 aromatic carbocycles. The molecule has 0 saturated heterocycles. The van der Waals surface area contributed by atoms with Gasteiger partial charge in [0, 0.05) is 23.1 Å². The topological polar surface area (TPSA) is 63.1 Å². The molecule has 1 N–H and O–H groups in total. The minimum atomic E-state index is -0.897. The summed E-state index contributed by atoms with van der Waals surface area (Å²) in [7, 11) is 0. The monoisotopic (exact) mass is 306 g/mol. The first-order chi connectivity index (χ1) is 8.68. The van der Waals surface area contributed by atoms with Crippen molar-refractivity contribution in [1.29, 1.82) is 0 Å². The van der Waals surface area contributed by atoms with Gasteiger partial charge in [0.05, 0.1) is 5.69 Å². The third-order valence-corrected chi connectivity index (χ3v) is 3.39. The van der Waals surface area contributed by atoms with Crippen LogP contribution < -0.4 is 0 Å². The van der Waals surface area contributed by atoms with Crippen LogP contribution in [-0.2, 0) is 11.2 Å². The Labute approximate surface area is 113 Å². The number of aromatic nitrogens is 2. The number of aliphatic carboxylic acids is 1. The summed E-state index contributed by atoms with van der Waals surface area (Å²) < 4.78 is 0.903. The lowest BCUT2D eigenvalue weighted by Crippen LogP contribution is -2.16. The molecule has 0 bridgehead atoms. The van der Waals surface area contributed by atoms with Crippen LogP contribution in [0.2, 0.25) is 0 Å². The number of hydrogen-bond donors (Lipinski definition) is 1. The van der Waals surface area contributed by atoms with E-state index < -0.39 is 11.9 Å². The molecule has 1 atom stereocenters. The maximum atomic E-state index is 11.3. The number of carboxylic acid groups (broad SMARTS) is 1. The smallest absolute Gasteiger partial charge is 0.312 e. The van der Waals surface area contributed by atoms with Gasteiger partial charge in [-0.3, -0.25) is 14.8 Å². The molecule has 0 aliphatic heterocycles. The van der Waals surface area contributed by atoms with Crippen LogP contribution in [0, 0.1) is 0 Å². The van der Waals surface area contributed by atoms with E-state index in [0.29, 0.717) is 12.1 Å². The second kappa shape index (κ2) is 5.73. The van der Waals surface area contributed by atoms with Crippen molar-refractivity contribution >= 4 is 21.9 Å². The summed E-state index contributed by atoms with van der Waals surface area (Å²) in [4.78, 5) is 19.3. The van der Waals surface area contributed by atoms with E-state index in [0.717, 1.165) is 10.0 Å². The minimum Gasteiger partial charge on any atom is -0.481 e. The van der Waals surface area contributed by atoms with Crippen LogP contribution in [0.4, 0.5) is 0 Å². The molecule has 0 saturated carbocycles. The molecule has 1 unspecified atom stereocenters. The first-order valence-corrected chi connectivity index (χ1v) is 6.20. The fourth-order valence-electron chi connectivity index (χ4n) is 1.69. The van der Waals surface area contributed by atoms with Gasteiger partial charge in [0.2, 0.25) is 0 Å². The zero-order chi connectivity index (χ0) is 13.0. The van der Waals surface area contributed by atoms with Crippen LogP contribution in [0.3, 0.4) is 0 Å². The minimum absolute atomic E-state index is 0.384. The van der Waals surface area contributed by atoms with Crippen LogP contribution in [0.1, 0.15) is 17.2 Å². The summed E-state index contributed by atoms with van der Waals surface area (Å²) in [6.45, 7) is 0. The van der Waals surface area contributed by atoms with E-state index in [1.165, 1.54) is 18.6 Å². The third kappa shape index (κ3) is 2.92. The van der Waals surface area contributed by atoms with Crippen molar-refractivity contribution in [3.05, 3.63) is 58.6 Å². The predicted octanol–water partition coefficient (Wildman–Crippen LogP) is 2.65. The quantitative estimate of drug-likeness (QED) is 0.943. The Morgan fingerprint density at radius 3 is 2.72 bits per heavy atom. The summed E-state index contributed by atoms with van der Waals surface area (Å²) >= 11 is 3.42. The summed E-state index contributed by atoms with van der Waals surface area (Å²) in [5.41, 5.74) is 1.41. The Morgan fingerprint density at radius 1 is 1.33 bits per heavy atom. The molecule has 5 heteroatoms.